The molecule has 0 saturated carbocycles. The zero-order chi connectivity index (χ0) is 21.9. The number of rotatable bonds is 6. The molecule has 1 heterocycles. The number of nitrogens with zero attached hydrogens (tertiary/aromatic N) is 1. The molecule has 0 bridgehead atoms. The van der Waals surface area contributed by atoms with Crippen molar-refractivity contribution in [2.24, 2.45) is 5.92 Å². The SMILES string of the molecule is O=C(Nc1ccccc1SC(F)F)C1CCN(S(=O)(=O)c2ccc(F)c(Cl)c2)CC1. The van der Waals surface area contributed by atoms with Gasteiger partial charge in [0.1, 0.15) is 5.82 Å². The standard InChI is InChI=1S/C19H18ClF3N2O3S2/c20-14-11-13(5-6-15(14)21)30(27,28)25-9-7-12(8-10-25)18(26)24-16-3-1-2-4-17(16)29-19(22)23/h1-6,11-12,19H,7-10H2,(H,24,26). The molecule has 5 nitrogen and oxygen atoms in total. The molecule has 1 N–H and O–H groups in total. The lowest BCUT2D eigenvalue weighted by atomic mass is 9.97. The van der Waals surface area contributed by atoms with Gasteiger partial charge in [0.2, 0.25) is 15.9 Å². The van der Waals surface area contributed by atoms with Crippen molar-refractivity contribution in [3.63, 3.8) is 0 Å². The maximum absolute atomic E-state index is 13.3. The highest BCUT2D eigenvalue weighted by Crippen LogP contribution is 2.33. The van der Waals surface area contributed by atoms with Crippen molar-refractivity contribution in [2.75, 3.05) is 18.4 Å². The van der Waals surface area contributed by atoms with E-state index in [4.69, 9.17) is 11.6 Å². The quantitative estimate of drug-likeness (QED) is 0.604. The summed E-state index contributed by atoms with van der Waals surface area (Å²) in [6.45, 7) is 0.200. The van der Waals surface area contributed by atoms with Crippen LogP contribution in [0.5, 0.6) is 0 Å². The maximum atomic E-state index is 13.3. The molecule has 1 fully saturated rings. The number of halogens is 4. The highest BCUT2D eigenvalue weighted by Gasteiger charge is 2.32. The topological polar surface area (TPSA) is 66.5 Å². The molecule has 30 heavy (non-hydrogen) atoms. The first kappa shape index (κ1) is 22.9. The van der Waals surface area contributed by atoms with Crippen LogP contribution >= 0.6 is 23.4 Å². The third kappa shape index (κ3) is 5.29. The average Bonchev–Trinajstić information content (AvgIpc) is 2.71. The Bertz CT molecular complexity index is 1030. The van der Waals surface area contributed by atoms with Crippen LogP contribution in [0.25, 0.3) is 0 Å². The summed E-state index contributed by atoms with van der Waals surface area (Å²) in [5.74, 6) is -4.13. The first-order valence-corrected chi connectivity index (χ1v) is 11.7. The van der Waals surface area contributed by atoms with Crippen LogP contribution in [0.15, 0.2) is 52.3 Å². The van der Waals surface area contributed by atoms with Crippen LogP contribution in [-0.2, 0) is 14.8 Å². The normalized spacial score (nSPS) is 16.0. The molecule has 11 heteroatoms. The number of hydrogen-bond donors (Lipinski definition) is 1. The molecule has 1 aliphatic heterocycles. The molecular formula is C19H18ClF3N2O3S2. The van der Waals surface area contributed by atoms with Crippen molar-refractivity contribution in [1.82, 2.24) is 4.31 Å². The second-order valence-corrected chi connectivity index (χ2v) is 10.00. The Labute approximate surface area is 181 Å². The largest absolute Gasteiger partial charge is 0.325 e. The summed E-state index contributed by atoms with van der Waals surface area (Å²) in [5, 5.41) is 2.38. The zero-order valence-electron chi connectivity index (χ0n) is 15.5. The van der Waals surface area contributed by atoms with Crippen molar-refractivity contribution in [3.05, 3.63) is 53.3 Å². The van der Waals surface area contributed by atoms with Gasteiger partial charge in [-0.05, 0) is 43.2 Å². The zero-order valence-corrected chi connectivity index (χ0v) is 17.9. The number of piperidine rings is 1. The first-order valence-electron chi connectivity index (χ1n) is 8.98. The number of para-hydroxylation sites is 1. The van der Waals surface area contributed by atoms with Crippen molar-refractivity contribution in [2.45, 2.75) is 28.4 Å². The summed E-state index contributed by atoms with van der Waals surface area (Å²) in [6, 6.07) is 9.47. The van der Waals surface area contributed by atoms with Gasteiger partial charge >= 0.3 is 0 Å². The molecule has 0 unspecified atom stereocenters. The average molecular weight is 479 g/mol. The first-order chi connectivity index (χ1) is 14.2. The summed E-state index contributed by atoms with van der Waals surface area (Å²) in [4.78, 5) is 12.7. The molecule has 1 saturated heterocycles. The van der Waals surface area contributed by atoms with Gasteiger partial charge in [-0.2, -0.15) is 13.1 Å². The number of nitrogens with one attached hydrogen (secondary N) is 1. The Morgan fingerprint density at radius 1 is 1.17 bits per heavy atom. The van der Waals surface area contributed by atoms with Gasteiger partial charge in [0.15, 0.2) is 0 Å². The monoisotopic (exact) mass is 478 g/mol. The van der Waals surface area contributed by atoms with Gasteiger partial charge in [0.05, 0.1) is 15.6 Å². The lowest BCUT2D eigenvalue weighted by Crippen LogP contribution is -2.41. The number of carbonyl (C=O) groups excluding carboxylic acids is 1. The van der Waals surface area contributed by atoms with Crippen LogP contribution in [0.4, 0.5) is 18.9 Å². The Morgan fingerprint density at radius 2 is 1.83 bits per heavy atom. The van der Waals surface area contributed by atoms with Gasteiger partial charge < -0.3 is 5.32 Å². The second-order valence-electron chi connectivity index (χ2n) is 6.62. The number of anilines is 1. The van der Waals surface area contributed by atoms with Gasteiger partial charge in [-0.3, -0.25) is 4.79 Å². The number of carbonyl (C=O) groups is 1. The van der Waals surface area contributed by atoms with E-state index in [1.54, 1.807) is 18.2 Å². The molecule has 1 aliphatic rings. The highest BCUT2D eigenvalue weighted by atomic mass is 35.5. The van der Waals surface area contributed by atoms with E-state index < -0.39 is 27.5 Å². The van der Waals surface area contributed by atoms with Crippen LogP contribution in [0, 0.1) is 11.7 Å². The summed E-state index contributed by atoms with van der Waals surface area (Å²) < 4.78 is 65.4. The summed E-state index contributed by atoms with van der Waals surface area (Å²) in [5.41, 5.74) is 0.295. The lowest BCUT2D eigenvalue weighted by molar-refractivity contribution is -0.120. The fraction of sp³-hybridized carbons (Fsp3) is 0.316. The molecule has 0 aliphatic carbocycles. The molecule has 3 rings (SSSR count). The van der Waals surface area contributed by atoms with Crippen LogP contribution in [-0.4, -0.2) is 37.5 Å². The van der Waals surface area contributed by atoms with Gasteiger partial charge in [-0.25, -0.2) is 12.8 Å². The molecule has 162 valence electrons. The van der Waals surface area contributed by atoms with Crippen LogP contribution in [0.1, 0.15) is 12.8 Å². The third-order valence-electron chi connectivity index (χ3n) is 4.71. The van der Waals surface area contributed by atoms with E-state index in [1.807, 2.05) is 0 Å². The number of amides is 1. The predicted molar refractivity (Wildman–Crippen MR) is 110 cm³/mol. The number of sulfonamides is 1. The fourth-order valence-electron chi connectivity index (χ4n) is 3.15. The fourth-order valence-corrected chi connectivity index (χ4v) is 5.49. The van der Waals surface area contributed by atoms with E-state index >= 15 is 0 Å². The predicted octanol–water partition coefficient (Wildman–Crippen LogP) is 4.83. The molecule has 0 spiro atoms. The van der Waals surface area contributed by atoms with Crippen LogP contribution < -0.4 is 5.32 Å². The summed E-state index contributed by atoms with van der Waals surface area (Å²) >= 11 is 6.03. The molecule has 2 aromatic rings. The van der Waals surface area contributed by atoms with Gasteiger partial charge in [-0.15, -0.1) is 0 Å². The van der Waals surface area contributed by atoms with Crippen molar-refractivity contribution in [1.29, 1.82) is 0 Å². The van der Waals surface area contributed by atoms with Gasteiger partial charge in [0, 0.05) is 23.9 Å². The van der Waals surface area contributed by atoms with E-state index in [0.29, 0.717) is 17.4 Å². The lowest BCUT2D eigenvalue weighted by Gasteiger charge is -2.30. The minimum Gasteiger partial charge on any atom is -0.325 e. The molecule has 2 aromatic carbocycles. The van der Waals surface area contributed by atoms with Crippen LogP contribution in [0.3, 0.4) is 0 Å². The van der Waals surface area contributed by atoms with E-state index in [1.165, 1.54) is 10.4 Å². The Balaban J connectivity index is 1.64. The van der Waals surface area contributed by atoms with E-state index in [2.05, 4.69) is 5.32 Å². The smallest absolute Gasteiger partial charge is 0.288 e. The molecule has 0 atom stereocenters. The highest BCUT2D eigenvalue weighted by molar-refractivity contribution is 7.99. The number of alkyl halides is 2. The second kappa shape index (κ2) is 9.59. The van der Waals surface area contributed by atoms with E-state index in [-0.39, 0.29) is 46.7 Å². The molecule has 0 aromatic heterocycles. The van der Waals surface area contributed by atoms with Crippen molar-refractivity contribution >= 4 is 45.0 Å². The minimum absolute atomic E-state index is 0.100. The third-order valence-corrected chi connectivity index (χ3v) is 7.69. The van der Waals surface area contributed by atoms with Crippen LogP contribution in [0.2, 0.25) is 5.02 Å². The van der Waals surface area contributed by atoms with Gasteiger partial charge in [0.25, 0.3) is 5.76 Å². The Morgan fingerprint density at radius 3 is 2.47 bits per heavy atom. The molecule has 0 radical (unpaired) electrons. The minimum atomic E-state index is -3.87. The molecular weight excluding hydrogens is 461 g/mol. The van der Waals surface area contributed by atoms with Crippen molar-refractivity contribution in [3.8, 4) is 0 Å². The number of hydrogen-bond acceptors (Lipinski definition) is 4. The summed E-state index contributed by atoms with van der Waals surface area (Å²) in [7, 11) is -3.87. The number of thioether (sulfide) groups is 1. The Kier molecular flexibility index (Phi) is 7.33. The van der Waals surface area contributed by atoms with E-state index in [9.17, 15) is 26.4 Å². The summed E-state index contributed by atoms with van der Waals surface area (Å²) in [6.07, 6.45) is 0.536. The number of benzene rings is 2. The van der Waals surface area contributed by atoms with Gasteiger partial charge in [-0.1, -0.05) is 35.5 Å². The molecule has 1 amide bonds. The maximum Gasteiger partial charge on any atom is 0.288 e. The van der Waals surface area contributed by atoms with Crippen molar-refractivity contribution < 1.29 is 26.4 Å². The Hall–Kier alpha value is -1.75. The van der Waals surface area contributed by atoms with E-state index in [0.717, 1.165) is 18.2 Å².